The zero-order chi connectivity index (χ0) is 15.7. The summed E-state index contributed by atoms with van der Waals surface area (Å²) in [5.41, 5.74) is 1.79. The van der Waals surface area contributed by atoms with Crippen LogP contribution in [0.25, 0.3) is 16.9 Å². The summed E-state index contributed by atoms with van der Waals surface area (Å²) in [4.78, 5) is 11.4. The Hall–Kier alpha value is -1.98. The molecule has 2 aromatic carbocycles. The third-order valence-electron chi connectivity index (χ3n) is 3.17. The molecule has 0 N–H and O–H groups in total. The molecular formula is C16H9BrClFN2O. The topological polar surface area (TPSA) is 34.9 Å². The predicted octanol–water partition coefficient (Wildman–Crippen LogP) is 4.91. The van der Waals surface area contributed by atoms with Gasteiger partial charge in [-0.2, -0.15) is 5.10 Å². The van der Waals surface area contributed by atoms with Crippen molar-refractivity contribution in [3.63, 3.8) is 0 Å². The fourth-order valence-corrected chi connectivity index (χ4v) is 2.90. The van der Waals surface area contributed by atoms with Crippen LogP contribution in [0, 0.1) is 5.82 Å². The molecule has 0 saturated heterocycles. The van der Waals surface area contributed by atoms with Gasteiger partial charge in [-0.05, 0) is 46.3 Å². The van der Waals surface area contributed by atoms with E-state index in [1.165, 1.54) is 18.2 Å². The van der Waals surface area contributed by atoms with Crippen molar-refractivity contribution in [3.05, 3.63) is 69.5 Å². The van der Waals surface area contributed by atoms with Gasteiger partial charge in [0.2, 0.25) is 0 Å². The number of nitrogens with zero attached hydrogens (tertiary/aromatic N) is 2. The second-order valence-corrected chi connectivity index (χ2v) is 5.70. The van der Waals surface area contributed by atoms with Crippen LogP contribution in [0.4, 0.5) is 4.39 Å². The van der Waals surface area contributed by atoms with E-state index in [2.05, 4.69) is 21.0 Å². The molecule has 3 aromatic rings. The first-order valence-electron chi connectivity index (χ1n) is 6.36. The van der Waals surface area contributed by atoms with E-state index >= 15 is 0 Å². The molecule has 0 amide bonds. The minimum Gasteiger partial charge on any atom is -0.298 e. The number of aromatic nitrogens is 2. The van der Waals surface area contributed by atoms with Crippen LogP contribution in [0.15, 0.2) is 53.1 Å². The zero-order valence-corrected chi connectivity index (χ0v) is 13.5. The molecule has 0 aliphatic heterocycles. The fraction of sp³-hybridized carbons (Fsp3) is 0. The third kappa shape index (κ3) is 2.58. The molecule has 3 rings (SSSR count). The van der Waals surface area contributed by atoms with Gasteiger partial charge >= 0.3 is 0 Å². The van der Waals surface area contributed by atoms with E-state index in [0.29, 0.717) is 32.7 Å². The van der Waals surface area contributed by atoms with Gasteiger partial charge in [-0.3, -0.25) is 4.79 Å². The SMILES string of the molecule is O=Cc1c(-c2cc(F)ccc2Cl)nn(-c2ccccc2)c1Br. The molecule has 0 saturated carbocycles. The Kier molecular flexibility index (Phi) is 4.09. The Labute approximate surface area is 139 Å². The van der Waals surface area contributed by atoms with Gasteiger partial charge in [0, 0.05) is 5.56 Å². The van der Waals surface area contributed by atoms with Crippen LogP contribution in [0.3, 0.4) is 0 Å². The first-order valence-corrected chi connectivity index (χ1v) is 7.53. The molecule has 0 unspecified atom stereocenters. The number of carbonyl (C=O) groups is 1. The Morgan fingerprint density at radius 3 is 2.59 bits per heavy atom. The molecule has 1 aromatic heterocycles. The van der Waals surface area contributed by atoms with E-state index in [-0.39, 0.29) is 0 Å². The minimum absolute atomic E-state index is 0.316. The lowest BCUT2D eigenvalue weighted by Crippen LogP contribution is -1.96. The van der Waals surface area contributed by atoms with Gasteiger partial charge in [-0.25, -0.2) is 9.07 Å². The summed E-state index contributed by atoms with van der Waals surface area (Å²) in [6, 6.07) is 13.3. The van der Waals surface area contributed by atoms with Crippen LogP contribution in [0.5, 0.6) is 0 Å². The van der Waals surface area contributed by atoms with Gasteiger partial charge in [-0.1, -0.05) is 29.8 Å². The molecule has 6 heteroatoms. The van der Waals surface area contributed by atoms with Gasteiger partial charge < -0.3 is 0 Å². The average molecular weight is 380 g/mol. The van der Waals surface area contributed by atoms with Gasteiger partial charge in [0.25, 0.3) is 0 Å². The van der Waals surface area contributed by atoms with Gasteiger partial charge in [-0.15, -0.1) is 0 Å². The van der Waals surface area contributed by atoms with E-state index in [4.69, 9.17) is 11.6 Å². The highest BCUT2D eigenvalue weighted by atomic mass is 79.9. The monoisotopic (exact) mass is 378 g/mol. The maximum Gasteiger partial charge on any atom is 0.155 e. The molecular weight excluding hydrogens is 371 g/mol. The van der Waals surface area contributed by atoms with E-state index in [1.54, 1.807) is 4.68 Å². The van der Waals surface area contributed by atoms with Gasteiger partial charge in [0.15, 0.2) is 6.29 Å². The normalized spacial score (nSPS) is 10.7. The van der Waals surface area contributed by atoms with Crippen LogP contribution < -0.4 is 0 Å². The summed E-state index contributed by atoms with van der Waals surface area (Å²) < 4.78 is 15.6. The molecule has 110 valence electrons. The first-order chi connectivity index (χ1) is 10.6. The molecule has 0 spiro atoms. The summed E-state index contributed by atoms with van der Waals surface area (Å²) >= 11 is 9.49. The number of halogens is 3. The number of aldehydes is 1. The van der Waals surface area contributed by atoms with E-state index in [1.807, 2.05) is 30.3 Å². The molecule has 22 heavy (non-hydrogen) atoms. The van der Waals surface area contributed by atoms with Crippen molar-refractivity contribution in [1.82, 2.24) is 9.78 Å². The highest BCUT2D eigenvalue weighted by Crippen LogP contribution is 2.34. The lowest BCUT2D eigenvalue weighted by molar-refractivity contribution is 0.112. The summed E-state index contributed by atoms with van der Waals surface area (Å²) in [5.74, 6) is -0.443. The predicted molar refractivity (Wildman–Crippen MR) is 87.1 cm³/mol. The third-order valence-corrected chi connectivity index (χ3v) is 4.26. The lowest BCUT2D eigenvalue weighted by atomic mass is 10.1. The summed E-state index contributed by atoms with van der Waals surface area (Å²) in [6.45, 7) is 0. The Balaban J connectivity index is 2.25. The van der Waals surface area contributed by atoms with Crippen molar-refractivity contribution in [2.24, 2.45) is 0 Å². The number of rotatable bonds is 3. The summed E-state index contributed by atoms with van der Waals surface area (Å²) in [5, 5.41) is 4.74. The van der Waals surface area contributed by atoms with Crippen LogP contribution in [0.2, 0.25) is 5.02 Å². The quantitative estimate of drug-likeness (QED) is 0.606. The van der Waals surface area contributed by atoms with E-state index in [0.717, 1.165) is 5.69 Å². The van der Waals surface area contributed by atoms with E-state index < -0.39 is 5.82 Å². The number of benzene rings is 2. The highest BCUT2D eigenvalue weighted by Gasteiger charge is 2.20. The van der Waals surface area contributed by atoms with Crippen molar-refractivity contribution in [2.75, 3.05) is 0 Å². The van der Waals surface area contributed by atoms with Gasteiger partial charge in [0.05, 0.1) is 16.3 Å². The highest BCUT2D eigenvalue weighted by molar-refractivity contribution is 9.10. The van der Waals surface area contributed by atoms with Crippen LogP contribution in [-0.2, 0) is 0 Å². The van der Waals surface area contributed by atoms with Crippen molar-refractivity contribution in [2.45, 2.75) is 0 Å². The van der Waals surface area contributed by atoms with Crippen LogP contribution in [0.1, 0.15) is 10.4 Å². The van der Waals surface area contributed by atoms with Crippen molar-refractivity contribution in [1.29, 1.82) is 0 Å². The smallest absolute Gasteiger partial charge is 0.155 e. The molecule has 0 fully saturated rings. The molecule has 0 aliphatic carbocycles. The Morgan fingerprint density at radius 2 is 1.91 bits per heavy atom. The van der Waals surface area contributed by atoms with Gasteiger partial charge in [0.1, 0.15) is 16.1 Å². The first kappa shape index (κ1) is 14.9. The molecule has 3 nitrogen and oxygen atoms in total. The largest absolute Gasteiger partial charge is 0.298 e. The number of carbonyl (C=O) groups excluding carboxylic acids is 1. The Bertz CT molecular complexity index is 849. The molecule has 1 heterocycles. The van der Waals surface area contributed by atoms with Crippen LogP contribution in [-0.4, -0.2) is 16.1 Å². The standard InChI is InChI=1S/C16H9BrClFN2O/c17-16-13(9-22)15(12-8-10(19)6-7-14(12)18)20-21(16)11-4-2-1-3-5-11/h1-9H. The molecule has 0 bridgehead atoms. The fourth-order valence-electron chi connectivity index (χ4n) is 2.13. The molecule has 0 radical (unpaired) electrons. The molecule has 0 atom stereocenters. The maximum atomic E-state index is 13.5. The number of para-hydroxylation sites is 1. The average Bonchev–Trinajstić information content (AvgIpc) is 2.87. The molecule has 0 aliphatic rings. The van der Waals surface area contributed by atoms with Crippen molar-refractivity contribution in [3.8, 4) is 16.9 Å². The second-order valence-electron chi connectivity index (χ2n) is 4.54. The zero-order valence-electron chi connectivity index (χ0n) is 11.1. The number of hydrogen-bond acceptors (Lipinski definition) is 2. The van der Waals surface area contributed by atoms with E-state index in [9.17, 15) is 9.18 Å². The maximum absolute atomic E-state index is 13.5. The lowest BCUT2D eigenvalue weighted by Gasteiger charge is -2.03. The van der Waals surface area contributed by atoms with Crippen molar-refractivity contribution < 1.29 is 9.18 Å². The van der Waals surface area contributed by atoms with Crippen molar-refractivity contribution >= 4 is 33.8 Å². The minimum atomic E-state index is -0.443. The number of hydrogen-bond donors (Lipinski definition) is 0. The second kappa shape index (κ2) is 6.02. The Morgan fingerprint density at radius 1 is 1.18 bits per heavy atom. The summed E-state index contributed by atoms with van der Waals surface area (Å²) in [7, 11) is 0. The summed E-state index contributed by atoms with van der Waals surface area (Å²) in [6.07, 6.45) is 0.674. The van der Waals surface area contributed by atoms with Crippen LogP contribution >= 0.6 is 27.5 Å².